The Morgan fingerprint density at radius 1 is 1.22 bits per heavy atom. The van der Waals surface area contributed by atoms with E-state index in [2.05, 4.69) is 10.3 Å². The number of fused-ring (bicyclic) bond motifs is 1. The quantitative estimate of drug-likeness (QED) is 0.588. The lowest BCUT2D eigenvalue weighted by Gasteiger charge is -2.12. The van der Waals surface area contributed by atoms with Crippen LogP contribution in [0.15, 0.2) is 60.8 Å². The summed E-state index contributed by atoms with van der Waals surface area (Å²) in [7, 11) is 0. The van der Waals surface area contributed by atoms with Gasteiger partial charge >= 0.3 is 5.97 Å². The second kappa shape index (κ2) is 8.02. The molecule has 0 unspecified atom stereocenters. The molecule has 6 nitrogen and oxygen atoms in total. The minimum absolute atomic E-state index is 0.169. The van der Waals surface area contributed by atoms with Gasteiger partial charge in [-0.15, -0.1) is 0 Å². The number of nitrogens with one attached hydrogen (secondary N) is 2. The number of carbonyl (C=O) groups is 2. The molecular weight excluding hydrogens is 342 g/mol. The van der Waals surface area contributed by atoms with Gasteiger partial charge < -0.3 is 15.4 Å². The molecule has 0 radical (unpaired) electrons. The normalized spacial score (nSPS) is 12.0. The molecule has 0 saturated carbocycles. The Balaban J connectivity index is 1.70. The summed E-state index contributed by atoms with van der Waals surface area (Å²) in [5, 5.41) is 21.8. The van der Waals surface area contributed by atoms with Crippen molar-refractivity contribution in [3.8, 4) is 6.07 Å². The molecule has 3 rings (SSSR count). The zero-order valence-electron chi connectivity index (χ0n) is 14.3. The van der Waals surface area contributed by atoms with Gasteiger partial charge in [0, 0.05) is 29.6 Å². The van der Waals surface area contributed by atoms with Crippen molar-refractivity contribution in [1.29, 1.82) is 5.26 Å². The highest BCUT2D eigenvalue weighted by Gasteiger charge is 2.21. The van der Waals surface area contributed by atoms with Gasteiger partial charge in [0.1, 0.15) is 6.04 Å². The number of carbonyl (C=O) groups excluding carboxylic acids is 1. The lowest BCUT2D eigenvalue weighted by molar-refractivity contribution is -0.141. The first-order chi connectivity index (χ1) is 13.1. The summed E-state index contributed by atoms with van der Waals surface area (Å²) in [4.78, 5) is 26.8. The van der Waals surface area contributed by atoms with Crippen LogP contribution < -0.4 is 5.32 Å². The molecule has 134 valence electrons. The smallest absolute Gasteiger partial charge is 0.326 e. The molecule has 1 atom stereocenters. The van der Waals surface area contributed by atoms with E-state index in [4.69, 9.17) is 5.26 Å². The number of aromatic amines is 1. The molecule has 0 aliphatic heterocycles. The number of nitriles is 1. The molecule has 0 spiro atoms. The van der Waals surface area contributed by atoms with E-state index in [1.807, 2.05) is 30.3 Å². The maximum Gasteiger partial charge on any atom is 0.326 e. The Morgan fingerprint density at radius 3 is 2.81 bits per heavy atom. The molecule has 3 N–H and O–H groups in total. The van der Waals surface area contributed by atoms with Gasteiger partial charge in [0.05, 0.1) is 11.6 Å². The van der Waals surface area contributed by atoms with Crippen molar-refractivity contribution in [3.63, 3.8) is 0 Å². The Kier molecular flexibility index (Phi) is 5.33. The molecule has 0 aliphatic rings. The van der Waals surface area contributed by atoms with Gasteiger partial charge in [-0.05, 0) is 35.4 Å². The highest BCUT2D eigenvalue weighted by Crippen LogP contribution is 2.19. The lowest BCUT2D eigenvalue weighted by atomic mass is 10.0. The zero-order valence-corrected chi connectivity index (χ0v) is 14.3. The minimum atomic E-state index is -1.10. The second-order valence-corrected chi connectivity index (χ2v) is 6.03. The van der Waals surface area contributed by atoms with E-state index in [-0.39, 0.29) is 6.42 Å². The number of carboxylic acid groups (broad SMARTS) is 1. The van der Waals surface area contributed by atoms with Crippen molar-refractivity contribution in [3.05, 3.63) is 77.5 Å². The van der Waals surface area contributed by atoms with Gasteiger partial charge in [-0.25, -0.2) is 4.79 Å². The summed E-state index contributed by atoms with van der Waals surface area (Å²) < 4.78 is 0. The number of amides is 1. The topological polar surface area (TPSA) is 106 Å². The van der Waals surface area contributed by atoms with Crippen LogP contribution >= 0.6 is 0 Å². The van der Waals surface area contributed by atoms with E-state index in [9.17, 15) is 14.7 Å². The van der Waals surface area contributed by atoms with Crippen molar-refractivity contribution < 1.29 is 14.7 Å². The summed E-state index contributed by atoms with van der Waals surface area (Å²) in [6.07, 6.45) is 4.74. The molecular formula is C21H17N3O3. The molecule has 1 aromatic heterocycles. The fourth-order valence-electron chi connectivity index (χ4n) is 2.82. The van der Waals surface area contributed by atoms with Crippen LogP contribution in [0.25, 0.3) is 17.0 Å². The third-order valence-electron chi connectivity index (χ3n) is 4.16. The summed E-state index contributed by atoms with van der Waals surface area (Å²) in [6, 6.07) is 15.3. The number of H-pyrrole nitrogens is 1. The monoisotopic (exact) mass is 359 g/mol. The SMILES string of the molecule is N#Cc1cccc(C=CC(=O)N[C@@H](Cc2c[nH]c3ccccc23)C(=O)O)c1. The van der Waals surface area contributed by atoms with E-state index < -0.39 is 17.9 Å². The van der Waals surface area contributed by atoms with E-state index in [1.165, 1.54) is 6.08 Å². The predicted octanol–water partition coefficient (Wildman–Crippen LogP) is 2.86. The molecule has 3 aromatic rings. The Labute approximate surface area is 155 Å². The number of nitrogens with zero attached hydrogens (tertiary/aromatic N) is 1. The average molecular weight is 359 g/mol. The highest BCUT2D eigenvalue weighted by atomic mass is 16.4. The maximum atomic E-state index is 12.1. The van der Waals surface area contributed by atoms with E-state index in [0.29, 0.717) is 11.1 Å². The molecule has 0 saturated heterocycles. The van der Waals surface area contributed by atoms with E-state index in [0.717, 1.165) is 16.5 Å². The van der Waals surface area contributed by atoms with Crippen molar-refractivity contribution in [1.82, 2.24) is 10.3 Å². The van der Waals surface area contributed by atoms with Crippen LogP contribution in [-0.2, 0) is 16.0 Å². The number of rotatable bonds is 6. The van der Waals surface area contributed by atoms with Crippen LogP contribution in [0, 0.1) is 11.3 Å². The Morgan fingerprint density at radius 2 is 2.04 bits per heavy atom. The molecule has 0 aliphatic carbocycles. The first-order valence-corrected chi connectivity index (χ1v) is 8.33. The number of aliphatic carboxylic acids is 1. The van der Waals surface area contributed by atoms with Gasteiger partial charge in [0.15, 0.2) is 0 Å². The summed E-state index contributed by atoms with van der Waals surface area (Å²) in [5.74, 6) is -1.61. The first kappa shape index (κ1) is 18.0. The number of aromatic nitrogens is 1. The van der Waals surface area contributed by atoms with Gasteiger partial charge in [-0.3, -0.25) is 4.79 Å². The molecule has 1 amide bonds. The third kappa shape index (κ3) is 4.41. The molecule has 2 aromatic carbocycles. The number of hydrogen-bond acceptors (Lipinski definition) is 3. The highest BCUT2D eigenvalue weighted by molar-refractivity contribution is 5.94. The van der Waals surface area contributed by atoms with Crippen LogP contribution in [0.3, 0.4) is 0 Å². The largest absolute Gasteiger partial charge is 0.480 e. The van der Waals surface area contributed by atoms with Crippen molar-refractivity contribution in [2.24, 2.45) is 0 Å². The standard InChI is InChI=1S/C21H17N3O3/c22-12-15-5-3-4-14(10-15)8-9-20(25)24-19(21(26)27)11-16-13-23-18-7-2-1-6-17(16)18/h1-10,13,19,23H,11H2,(H,24,25)(H,26,27)/t19-/m0/s1. The van der Waals surface area contributed by atoms with Crippen molar-refractivity contribution in [2.45, 2.75) is 12.5 Å². The Hall–Kier alpha value is -3.85. The van der Waals surface area contributed by atoms with Gasteiger partial charge in [-0.1, -0.05) is 30.3 Å². The number of benzene rings is 2. The maximum absolute atomic E-state index is 12.1. The van der Waals surface area contributed by atoms with Crippen LogP contribution in [0.1, 0.15) is 16.7 Å². The van der Waals surface area contributed by atoms with Crippen LogP contribution in [0.5, 0.6) is 0 Å². The molecule has 1 heterocycles. The molecule has 6 heteroatoms. The summed E-state index contributed by atoms with van der Waals surface area (Å²) in [5.41, 5.74) is 2.91. The zero-order chi connectivity index (χ0) is 19.2. The van der Waals surface area contributed by atoms with Crippen molar-refractivity contribution in [2.75, 3.05) is 0 Å². The lowest BCUT2D eigenvalue weighted by Crippen LogP contribution is -2.41. The fraction of sp³-hybridized carbons (Fsp3) is 0.0952. The van der Waals surface area contributed by atoms with Gasteiger partial charge in [0.2, 0.25) is 5.91 Å². The fourth-order valence-corrected chi connectivity index (χ4v) is 2.82. The minimum Gasteiger partial charge on any atom is -0.480 e. The average Bonchev–Trinajstić information content (AvgIpc) is 3.09. The van der Waals surface area contributed by atoms with Crippen LogP contribution in [0.2, 0.25) is 0 Å². The van der Waals surface area contributed by atoms with Crippen molar-refractivity contribution >= 4 is 28.9 Å². The second-order valence-electron chi connectivity index (χ2n) is 6.03. The van der Waals surface area contributed by atoms with E-state index >= 15 is 0 Å². The van der Waals surface area contributed by atoms with Crippen LogP contribution in [-0.4, -0.2) is 28.0 Å². The predicted molar refractivity (Wildman–Crippen MR) is 102 cm³/mol. The number of carboxylic acids is 1. The summed E-state index contributed by atoms with van der Waals surface area (Å²) in [6.45, 7) is 0. The number of para-hydroxylation sites is 1. The summed E-state index contributed by atoms with van der Waals surface area (Å²) >= 11 is 0. The van der Waals surface area contributed by atoms with Gasteiger partial charge in [0.25, 0.3) is 0 Å². The first-order valence-electron chi connectivity index (χ1n) is 8.33. The Bertz CT molecular complexity index is 1060. The van der Waals surface area contributed by atoms with Gasteiger partial charge in [-0.2, -0.15) is 5.26 Å². The third-order valence-corrected chi connectivity index (χ3v) is 4.16. The van der Waals surface area contributed by atoms with Crippen LogP contribution in [0.4, 0.5) is 0 Å². The van der Waals surface area contributed by atoms with E-state index in [1.54, 1.807) is 36.5 Å². The number of hydrogen-bond donors (Lipinski definition) is 3. The molecule has 27 heavy (non-hydrogen) atoms. The molecule has 0 fully saturated rings. The molecule has 0 bridgehead atoms.